The third-order valence-electron chi connectivity index (χ3n) is 1.97. The molecule has 1 heterocycles. The Bertz CT molecular complexity index is 608. The third-order valence-corrected chi connectivity index (χ3v) is 1.97. The van der Waals surface area contributed by atoms with Crippen LogP contribution in [0.15, 0.2) is 32.6 Å². The highest BCUT2D eigenvalue weighted by Crippen LogP contribution is 2.21. The van der Waals surface area contributed by atoms with Gasteiger partial charge in [-0.05, 0) is 18.2 Å². The summed E-state index contributed by atoms with van der Waals surface area (Å²) < 4.78 is 5.33. The molecule has 0 saturated carbocycles. The fourth-order valence-electron chi connectivity index (χ4n) is 1.39. The number of benzene rings is 1. The number of fused-ring (bicyclic) bond motifs is 1. The van der Waals surface area contributed by atoms with Gasteiger partial charge in [-0.15, -0.1) is 0 Å². The van der Waals surface area contributed by atoms with Crippen LogP contribution in [0.1, 0.15) is 5.89 Å². The van der Waals surface area contributed by atoms with Crippen LogP contribution < -0.4 is 17.2 Å². The zero-order chi connectivity index (χ0) is 12.4. The molecule has 0 aliphatic carbocycles. The van der Waals surface area contributed by atoms with E-state index in [2.05, 4.69) is 15.0 Å². The number of aliphatic imine (C=N–C) groups is 2. The highest BCUT2D eigenvalue weighted by molar-refractivity contribution is 5.94. The summed E-state index contributed by atoms with van der Waals surface area (Å²) in [4.78, 5) is 11.8. The molecule has 0 atom stereocenters. The van der Waals surface area contributed by atoms with Crippen LogP contribution >= 0.6 is 0 Å². The van der Waals surface area contributed by atoms with Gasteiger partial charge in [0.05, 0.1) is 5.69 Å². The van der Waals surface area contributed by atoms with Crippen molar-refractivity contribution in [2.24, 2.45) is 27.2 Å². The van der Waals surface area contributed by atoms with Crippen LogP contribution in [-0.4, -0.2) is 16.9 Å². The van der Waals surface area contributed by atoms with Crippen LogP contribution in [0.25, 0.3) is 11.1 Å². The fraction of sp³-hybridized carbons (Fsp3) is 0.100. The maximum absolute atomic E-state index is 5.51. The highest BCUT2D eigenvalue weighted by Gasteiger charge is 2.02. The van der Waals surface area contributed by atoms with Gasteiger partial charge in [-0.1, -0.05) is 0 Å². The first-order valence-electron chi connectivity index (χ1n) is 4.85. The Kier molecular flexibility index (Phi) is 2.65. The molecule has 7 heteroatoms. The van der Waals surface area contributed by atoms with Gasteiger partial charge in [0.25, 0.3) is 0 Å². The Labute approximate surface area is 97.0 Å². The topological polar surface area (TPSA) is 129 Å². The largest absolute Gasteiger partial charge is 0.441 e. The predicted molar refractivity (Wildman–Crippen MR) is 65.8 cm³/mol. The van der Waals surface area contributed by atoms with E-state index in [0.29, 0.717) is 22.7 Å². The molecule has 0 radical (unpaired) electrons. The predicted octanol–water partition coefficient (Wildman–Crippen LogP) is 0.356. The van der Waals surface area contributed by atoms with Gasteiger partial charge < -0.3 is 21.6 Å². The molecular weight excluding hydrogens is 220 g/mol. The Balaban J connectivity index is 2.39. The number of nitrogens with zero attached hydrogens (tertiary/aromatic N) is 3. The van der Waals surface area contributed by atoms with Gasteiger partial charge in [-0.25, -0.2) is 9.98 Å². The normalized spacial score (nSPS) is 11.7. The van der Waals surface area contributed by atoms with Crippen molar-refractivity contribution in [3.63, 3.8) is 0 Å². The van der Waals surface area contributed by atoms with Crippen molar-refractivity contribution < 1.29 is 4.42 Å². The zero-order valence-corrected chi connectivity index (χ0v) is 9.21. The molecule has 2 rings (SSSR count). The average molecular weight is 232 g/mol. The summed E-state index contributed by atoms with van der Waals surface area (Å²) in [5.41, 5.74) is 17.9. The smallest absolute Gasteiger partial charge is 0.223 e. The summed E-state index contributed by atoms with van der Waals surface area (Å²) in [6, 6.07) is 5.24. The second kappa shape index (κ2) is 4.12. The molecule has 0 bridgehead atoms. The molecule has 1 aromatic heterocycles. The molecule has 0 fully saturated rings. The molecule has 7 nitrogen and oxygen atoms in total. The van der Waals surface area contributed by atoms with E-state index in [1.165, 1.54) is 0 Å². The quantitative estimate of drug-likeness (QED) is 0.482. The van der Waals surface area contributed by atoms with E-state index in [1.807, 2.05) is 0 Å². The second-order valence-corrected chi connectivity index (χ2v) is 3.39. The minimum absolute atomic E-state index is 0.00966. The number of oxazole rings is 1. The number of rotatable bonds is 1. The number of aryl methyl sites for hydroxylation is 1. The van der Waals surface area contributed by atoms with Crippen molar-refractivity contribution in [2.75, 3.05) is 0 Å². The first kappa shape index (κ1) is 10.9. The van der Waals surface area contributed by atoms with Crippen LogP contribution in [0.2, 0.25) is 0 Å². The molecule has 1 aromatic carbocycles. The van der Waals surface area contributed by atoms with Crippen molar-refractivity contribution >= 4 is 28.7 Å². The molecule has 0 spiro atoms. The lowest BCUT2D eigenvalue weighted by atomic mass is 10.3. The monoisotopic (exact) mass is 232 g/mol. The number of hydrogen-bond acceptors (Lipinski definition) is 3. The lowest BCUT2D eigenvalue weighted by Crippen LogP contribution is -2.26. The zero-order valence-electron chi connectivity index (χ0n) is 9.21. The van der Waals surface area contributed by atoms with Crippen LogP contribution in [-0.2, 0) is 0 Å². The van der Waals surface area contributed by atoms with E-state index in [9.17, 15) is 0 Å². The van der Waals surface area contributed by atoms with Gasteiger partial charge in [0.1, 0.15) is 5.52 Å². The highest BCUT2D eigenvalue weighted by atomic mass is 16.3. The van der Waals surface area contributed by atoms with Gasteiger partial charge >= 0.3 is 0 Å². The molecule has 0 saturated heterocycles. The molecule has 17 heavy (non-hydrogen) atoms. The molecule has 88 valence electrons. The molecule has 0 aliphatic rings. The van der Waals surface area contributed by atoms with Gasteiger partial charge in [-0.2, -0.15) is 4.99 Å². The molecule has 0 aliphatic heterocycles. The Hall–Kier alpha value is -2.57. The molecule has 2 aromatic rings. The van der Waals surface area contributed by atoms with E-state index >= 15 is 0 Å². The van der Waals surface area contributed by atoms with Crippen LogP contribution in [0.3, 0.4) is 0 Å². The Morgan fingerprint density at radius 1 is 1.29 bits per heavy atom. The van der Waals surface area contributed by atoms with Crippen molar-refractivity contribution in [3.05, 3.63) is 24.1 Å². The van der Waals surface area contributed by atoms with E-state index in [-0.39, 0.29) is 11.9 Å². The molecule has 6 N–H and O–H groups in total. The molecule has 0 unspecified atom stereocenters. The summed E-state index contributed by atoms with van der Waals surface area (Å²) in [7, 11) is 0. The minimum atomic E-state index is -0.135. The van der Waals surface area contributed by atoms with Gasteiger partial charge in [0, 0.05) is 6.92 Å². The van der Waals surface area contributed by atoms with Gasteiger partial charge in [0.2, 0.25) is 5.96 Å². The van der Waals surface area contributed by atoms with Crippen LogP contribution in [0.4, 0.5) is 5.69 Å². The van der Waals surface area contributed by atoms with E-state index in [4.69, 9.17) is 21.6 Å². The summed E-state index contributed by atoms with van der Waals surface area (Å²) in [5, 5.41) is 0. The van der Waals surface area contributed by atoms with Crippen molar-refractivity contribution in [2.45, 2.75) is 6.92 Å². The number of nitrogens with two attached hydrogens (primary N) is 3. The van der Waals surface area contributed by atoms with Crippen molar-refractivity contribution in [3.8, 4) is 0 Å². The first-order valence-corrected chi connectivity index (χ1v) is 4.85. The summed E-state index contributed by atoms with van der Waals surface area (Å²) in [6.45, 7) is 1.77. The summed E-state index contributed by atoms with van der Waals surface area (Å²) in [6.07, 6.45) is 0. The Morgan fingerprint density at radius 2 is 2.06 bits per heavy atom. The number of hydrogen-bond donors (Lipinski definition) is 3. The van der Waals surface area contributed by atoms with E-state index in [0.717, 1.165) is 0 Å². The third kappa shape index (κ3) is 2.51. The standard InChI is InChI=1S/C10H12N6O/c1-5-14-7-4-6(2-3-8(7)17-5)15-10(13)16-9(11)12/h2-4H,1H3,(H6,11,12,13,15,16). The van der Waals surface area contributed by atoms with Crippen molar-refractivity contribution in [1.29, 1.82) is 0 Å². The Morgan fingerprint density at radius 3 is 2.76 bits per heavy atom. The average Bonchev–Trinajstić information content (AvgIpc) is 2.55. The number of guanidine groups is 2. The van der Waals surface area contributed by atoms with Gasteiger partial charge in [-0.3, -0.25) is 0 Å². The summed E-state index contributed by atoms with van der Waals surface area (Å²) in [5.74, 6) is 0.451. The number of aromatic nitrogens is 1. The maximum Gasteiger partial charge on any atom is 0.223 e. The van der Waals surface area contributed by atoms with Crippen LogP contribution in [0, 0.1) is 6.92 Å². The molecule has 0 amide bonds. The van der Waals surface area contributed by atoms with Crippen molar-refractivity contribution in [1.82, 2.24) is 4.98 Å². The maximum atomic E-state index is 5.51. The minimum Gasteiger partial charge on any atom is -0.441 e. The lowest BCUT2D eigenvalue weighted by molar-refractivity contribution is 0.561. The summed E-state index contributed by atoms with van der Waals surface area (Å²) >= 11 is 0. The second-order valence-electron chi connectivity index (χ2n) is 3.39. The lowest BCUT2D eigenvalue weighted by Gasteiger charge is -1.95. The fourth-order valence-corrected chi connectivity index (χ4v) is 1.39. The van der Waals surface area contributed by atoms with E-state index in [1.54, 1.807) is 25.1 Å². The van der Waals surface area contributed by atoms with Crippen LogP contribution in [0.5, 0.6) is 0 Å². The molecular formula is C10H12N6O. The first-order chi connectivity index (χ1) is 8.04. The SMILES string of the molecule is Cc1nc2cc(N=C(N)N=C(N)N)ccc2o1. The van der Waals surface area contributed by atoms with Gasteiger partial charge in [0.15, 0.2) is 17.4 Å². The van der Waals surface area contributed by atoms with E-state index < -0.39 is 0 Å².